The Bertz CT molecular complexity index is 107. The van der Waals surface area contributed by atoms with Crippen LogP contribution in [0.1, 0.15) is 20.8 Å². The van der Waals surface area contributed by atoms with Crippen molar-refractivity contribution in [1.82, 2.24) is 0 Å². The summed E-state index contributed by atoms with van der Waals surface area (Å²) in [6, 6.07) is 0. The zero-order chi connectivity index (χ0) is 7.44. The van der Waals surface area contributed by atoms with Gasteiger partial charge in [0.25, 0.3) is 0 Å². The largest absolute Gasteiger partial charge is 0.393 e. The van der Waals surface area contributed by atoms with Crippen LogP contribution in [0.3, 0.4) is 0 Å². The van der Waals surface area contributed by atoms with E-state index in [0.29, 0.717) is 0 Å². The van der Waals surface area contributed by atoms with E-state index in [2.05, 4.69) is 4.99 Å². The van der Waals surface area contributed by atoms with Crippen molar-refractivity contribution in [3.63, 3.8) is 0 Å². The molecule has 2 atom stereocenters. The molecule has 0 aromatic carbocycles. The second-order valence-corrected chi connectivity index (χ2v) is 2.39. The molecule has 0 saturated carbocycles. The van der Waals surface area contributed by atoms with E-state index in [-0.39, 0.29) is 12.0 Å². The first-order valence-electron chi connectivity index (χ1n) is 3.21. The van der Waals surface area contributed by atoms with Crippen molar-refractivity contribution in [3.05, 3.63) is 0 Å². The van der Waals surface area contributed by atoms with Crippen molar-refractivity contribution >= 4 is 5.71 Å². The zero-order valence-corrected chi connectivity index (χ0v) is 6.55. The monoisotopic (exact) mass is 129 g/mol. The normalized spacial score (nSPS) is 19.4. The van der Waals surface area contributed by atoms with E-state index in [0.717, 1.165) is 5.71 Å². The fourth-order valence-corrected chi connectivity index (χ4v) is 0.553. The van der Waals surface area contributed by atoms with Crippen LogP contribution in [0.5, 0.6) is 0 Å². The molecule has 0 aromatic heterocycles. The quantitative estimate of drug-likeness (QED) is 0.556. The fraction of sp³-hybridized carbons (Fsp3) is 0.857. The Hall–Kier alpha value is -0.370. The van der Waals surface area contributed by atoms with Gasteiger partial charge in [0, 0.05) is 18.7 Å². The lowest BCUT2D eigenvalue weighted by atomic mass is 10.0. The summed E-state index contributed by atoms with van der Waals surface area (Å²) >= 11 is 0. The van der Waals surface area contributed by atoms with Gasteiger partial charge in [-0.25, -0.2) is 0 Å². The summed E-state index contributed by atoms with van der Waals surface area (Å²) in [5.74, 6) is 0.190. The number of aliphatic imine (C=N–C) groups is 1. The number of nitrogens with zero attached hydrogens (tertiary/aromatic N) is 1. The summed E-state index contributed by atoms with van der Waals surface area (Å²) in [4.78, 5) is 3.97. The summed E-state index contributed by atoms with van der Waals surface area (Å²) in [7, 11) is 1.74. The number of aliphatic hydroxyl groups is 1. The predicted molar refractivity (Wildman–Crippen MR) is 39.9 cm³/mol. The number of aliphatic hydroxyl groups excluding tert-OH is 1. The molecule has 0 saturated heterocycles. The topological polar surface area (TPSA) is 32.6 Å². The molecule has 2 unspecified atom stereocenters. The van der Waals surface area contributed by atoms with Crippen LogP contribution in [0.25, 0.3) is 0 Å². The van der Waals surface area contributed by atoms with E-state index >= 15 is 0 Å². The molecule has 0 fully saturated rings. The van der Waals surface area contributed by atoms with Crippen molar-refractivity contribution in [2.75, 3.05) is 7.05 Å². The molecular weight excluding hydrogens is 114 g/mol. The van der Waals surface area contributed by atoms with Gasteiger partial charge in [-0.3, -0.25) is 4.99 Å². The Morgan fingerprint density at radius 2 is 1.89 bits per heavy atom. The highest BCUT2D eigenvalue weighted by molar-refractivity contribution is 5.84. The van der Waals surface area contributed by atoms with Gasteiger partial charge < -0.3 is 5.11 Å². The average molecular weight is 129 g/mol. The summed E-state index contributed by atoms with van der Waals surface area (Å²) in [6.45, 7) is 5.67. The summed E-state index contributed by atoms with van der Waals surface area (Å²) in [5.41, 5.74) is 1.00. The van der Waals surface area contributed by atoms with Crippen LogP contribution in [-0.2, 0) is 0 Å². The first-order chi connectivity index (χ1) is 4.09. The van der Waals surface area contributed by atoms with Gasteiger partial charge in [-0.05, 0) is 13.8 Å². The van der Waals surface area contributed by atoms with Gasteiger partial charge in [0.2, 0.25) is 0 Å². The van der Waals surface area contributed by atoms with E-state index in [4.69, 9.17) is 5.11 Å². The molecule has 0 aliphatic carbocycles. The van der Waals surface area contributed by atoms with E-state index in [1.54, 1.807) is 14.0 Å². The minimum absolute atomic E-state index is 0.190. The third-order valence-electron chi connectivity index (χ3n) is 1.74. The highest BCUT2D eigenvalue weighted by atomic mass is 16.3. The summed E-state index contributed by atoms with van der Waals surface area (Å²) in [6.07, 6.45) is -0.284. The highest BCUT2D eigenvalue weighted by Crippen LogP contribution is 2.03. The molecule has 0 heterocycles. The van der Waals surface area contributed by atoms with E-state index in [9.17, 15) is 0 Å². The Morgan fingerprint density at radius 1 is 1.44 bits per heavy atom. The minimum atomic E-state index is -0.284. The van der Waals surface area contributed by atoms with E-state index in [1.165, 1.54) is 0 Å². The van der Waals surface area contributed by atoms with Crippen molar-refractivity contribution < 1.29 is 5.11 Å². The van der Waals surface area contributed by atoms with Crippen molar-refractivity contribution in [2.24, 2.45) is 10.9 Å². The van der Waals surface area contributed by atoms with Crippen LogP contribution in [0.4, 0.5) is 0 Å². The molecule has 0 rings (SSSR count). The number of hydrogen-bond donors (Lipinski definition) is 1. The van der Waals surface area contributed by atoms with Gasteiger partial charge in [-0.15, -0.1) is 0 Å². The van der Waals surface area contributed by atoms with E-state index in [1.807, 2.05) is 13.8 Å². The highest BCUT2D eigenvalue weighted by Gasteiger charge is 2.10. The second kappa shape index (κ2) is 3.62. The Morgan fingerprint density at radius 3 is 2.00 bits per heavy atom. The first kappa shape index (κ1) is 8.63. The predicted octanol–water partition coefficient (Wildman–Crippen LogP) is 1.09. The molecule has 0 aliphatic rings. The molecular formula is C7H15NO. The van der Waals surface area contributed by atoms with Gasteiger partial charge >= 0.3 is 0 Å². The SMILES string of the molecule is CN=C(C)C(C)C(C)O. The van der Waals surface area contributed by atoms with Crippen LogP contribution in [0.2, 0.25) is 0 Å². The van der Waals surface area contributed by atoms with Crippen LogP contribution in [0.15, 0.2) is 4.99 Å². The second-order valence-electron chi connectivity index (χ2n) is 2.39. The lowest BCUT2D eigenvalue weighted by molar-refractivity contribution is 0.165. The molecule has 0 aliphatic heterocycles. The molecule has 9 heavy (non-hydrogen) atoms. The molecule has 0 bridgehead atoms. The van der Waals surface area contributed by atoms with Gasteiger partial charge in [-0.1, -0.05) is 6.92 Å². The maximum Gasteiger partial charge on any atom is 0.0589 e. The molecule has 0 radical (unpaired) electrons. The molecule has 54 valence electrons. The third-order valence-corrected chi connectivity index (χ3v) is 1.74. The van der Waals surface area contributed by atoms with Gasteiger partial charge in [0.05, 0.1) is 6.10 Å². The average Bonchev–Trinajstić information content (AvgIpc) is 1.84. The van der Waals surface area contributed by atoms with Crippen LogP contribution >= 0.6 is 0 Å². The maximum absolute atomic E-state index is 9.04. The molecule has 2 nitrogen and oxygen atoms in total. The molecule has 0 aromatic rings. The van der Waals surface area contributed by atoms with Crippen molar-refractivity contribution in [2.45, 2.75) is 26.9 Å². The summed E-state index contributed by atoms with van der Waals surface area (Å²) in [5, 5.41) is 9.04. The Labute approximate surface area is 56.6 Å². The fourth-order valence-electron chi connectivity index (χ4n) is 0.553. The Kier molecular flexibility index (Phi) is 3.47. The minimum Gasteiger partial charge on any atom is -0.393 e. The maximum atomic E-state index is 9.04. The number of hydrogen-bond acceptors (Lipinski definition) is 2. The van der Waals surface area contributed by atoms with Crippen LogP contribution < -0.4 is 0 Å². The van der Waals surface area contributed by atoms with Crippen molar-refractivity contribution in [1.29, 1.82) is 0 Å². The smallest absolute Gasteiger partial charge is 0.0589 e. The zero-order valence-electron chi connectivity index (χ0n) is 6.55. The molecule has 0 spiro atoms. The lowest BCUT2D eigenvalue weighted by Crippen LogP contribution is -2.20. The number of rotatable bonds is 2. The molecule has 0 amide bonds. The molecule has 1 N–H and O–H groups in total. The van der Waals surface area contributed by atoms with Gasteiger partial charge in [-0.2, -0.15) is 0 Å². The summed E-state index contributed by atoms with van der Waals surface area (Å²) < 4.78 is 0. The lowest BCUT2D eigenvalue weighted by Gasteiger charge is -2.12. The Balaban J connectivity index is 3.88. The van der Waals surface area contributed by atoms with Gasteiger partial charge in [0.15, 0.2) is 0 Å². The van der Waals surface area contributed by atoms with Gasteiger partial charge in [0.1, 0.15) is 0 Å². The third kappa shape index (κ3) is 2.61. The van der Waals surface area contributed by atoms with E-state index < -0.39 is 0 Å². The first-order valence-corrected chi connectivity index (χ1v) is 3.21. The molecule has 2 heteroatoms. The standard InChI is InChI=1S/C7H15NO/c1-5(7(3)9)6(2)8-4/h5,7,9H,1-4H3. The van der Waals surface area contributed by atoms with Crippen LogP contribution in [0, 0.1) is 5.92 Å². The van der Waals surface area contributed by atoms with Crippen LogP contribution in [-0.4, -0.2) is 24.0 Å². The van der Waals surface area contributed by atoms with Crippen molar-refractivity contribution in [3.8, 4) is 0 Å².